The number of anilines is 1. The summed E-state index contributed by atoms with van der Waals surface area (Å²) in [5, 5.41) is 5.56. The van der Waals surface area contributed by atoms with Crippen LogP contribution in [0.4, 0.5) is 5.69 Å². The third-order valence-corrected chi connectivity index (χ3v) is 8.64. The summed E-state index contributed by atoms with van der Waals surface area (Å²) >= 11 is 3.06. The summed E-state index contributed by atoms with van der Waals surface area (Å²) < 4.78 is 15.4. The van der Waals surface area contributed by atoms with E-state index in [9.17, 15) is 9.59 Å². The average Bonchev–Trinajstić information content (AvgIpc) is 3.59. The molecular formula is C33H26N2O4S2. The lowest BCUT2D eigenvalue weighted by Crippen LogP contribution is -2.59. The largest absolute Gasteiger partial charge is 0.434 e. The Bertz CT molecular complexity index is 1790. The van der Waals surface area contributed by atoms with Crippen LogP contribution in [0.25, 0.3) is 20.2 Å². The summed E-state index contributed by atoms with van der Waals surface area (Å²) in [7, 11) is 0. The van der Waals surface area contributed by atoms with Gasteiger partial charge in [-0.25, -0.2) is 0 Å². The molecule has 8 heteroatoms. The van der Waals surface area contributed by atoms with Crippen molar-refractivity contribution in [1.29, 1.82) is 0 Å². The van der Waals surface area contributed by atoms with Crippen molar-refractivity contribution in [3.05, 3.63) is 125 Å². The van der Waals surface area contributed by atoms with Crippen LogP contribution in [0.5, 0.6) is 11.5 Å². The summed E-state index contributed by atoms with van der Waals surface area (Å²) in [6.45, 7) is 1.37. The minimum atomic E-state index is -1.71. The van der Waals surface area contributed by atoms with E-state index in [-0.39, 0.29) is 12.3 Å². The van der Waals surface area contributed by atoms with E-state index in [1.807, 2.05) is 65.4 Å². The summed E-state index contributed by atoms with van der Waals surface area (Å²) in [5.74, 6) is -1.32. The van der Waals surface area contributed by atoms with Gasteiger partial charge in [0.05, 0.1) is 6.54 Å². The number of hydrogen-bond acceptors (Lipinski definition) is 7. The number of nitrogens with zero attached hydrogens (tertiary/aromatic N) is 1. The zero-order valence-corrected chi connectivity index (χ0v) is 23.8. The van der Waals surface area contributed by atoms with Gasteiger partial charge in [-0.1, -0.05) is 54.6 Å². The maximum Gasteiger partial charge on any atom is 0.338 e. The molecule has 1 amide bonds. The number of nitrogens with two attached hydrogens (primary N) is 1. The molecule has 0 bridgehead atoms. The second-order valence-corrected chi connectivity index (χ2v) is 11.4. The fraction of sp³-hybridized carbons (Fsp3) is 0.0909. The van der Waals surface area contributed by atoms with Crippen LogP contribution in [-0.2, 0) is 0 Å². The molecule has 0 radical (unpaired) electrons. The minimum Gasteiger partial charge on any atom is -0.434 e. The van der Waals surface area contributed by atoms with Crippen molar-refractivity contribution in [2.45, 2.75) is 12.8 Å². The molecule has 6 nitrogen and oxygen atoms in total. The molecule has 0 saturated carbocycles. The van der Waals surface area contributed by atoms with Crippen molar-refractivity contribution in [2.75, 3.05) is 12.3 Å². The van der Waals surface area contributed by atoms with Gasteiger partial charge in [-0.2, -0.15) is 0 Å². The summed E-state index contributed by atoms with van der Waals surface area (Å²) in [6, 6.07) is 31.3. The number of rotatable bonds is 9. The molecular weight excluding hydrogens is 553 g/mol. The molecule has 4 aromatic carbocycles. The zero-order valence-electron chi connectivity index (χ0n) is 22.2. The smallest absolute Gasteiger partial charge is 0.338 e. The Balaban J connectivity index is 1.48. The van der Waals surface area contributed by atoms with Crippen LogP contribution in [0, 0.1) is 0 Å². The fourth-order valence-corrected chi connectivity index (χ4v) is 6.41. The number of fused-ring (bicyclic) bond motifs is 2. The fourth-order valence-electron chi connectivity index (χ4n) is 4.69. The second kappa shape index (κ2) is 11.1. The number of benzene rings is 4. The molecule has 204 valence electrons. The predicted molar refractivity (Wildman–Crippen MR) is 166 cm³/mol. The van der Waals surface area contributed by atoms with Crippen molar-refractivity contribution in [2.24, 2.45) is 0 Å². The average molecular weight is 579 g/mol. The van der Waals surface area contributed by atoms with Gasteiger partial charge >= 0.3 is 5.91 Å². The first-order valence-electron chi connectivity index (χ1n) is 13.0. The van der Waals surface area contributed by atoms with Gasteiger partial charge in [-0.05, 0) is 48.5 Å². The molecule has 0 aliphatic heterocycles. The molecule has 0 aliphatic carbocycles. The van der Waals surface area contributed by atoms with E-state index in [1.54, 1.807) is 55.5 Å². The van der Waals surface area contributed by atoms with E-state index in [2.05, 4.69) is 0 Å². The van der Waals surface area contributed by atoms with Crippen LogP contribution in [-0.4, -0.2) is 29.0 Å². The Morgan fingerprint density at radius 1 is 0.732 bits per heavy atom. The highest BCUT2D eigenvalue weighted by molar-refractivity contribution is 7.17. The lowest BCUT2D eigenvalue weighted by atomic mass is 10.1. The number of ether oxygens (including phenoxy) is 2. The molecule has 2 heterocycles. The number of ketones is 1. The molecule has 6 aromatic rings. The maximum atomic E-state index is 14.2. The van der Waals surface area contributed by atoms with Crippen LogP contribution in [0.2, 0.25) is 0 Å². The highest BCUT2D eigenvalue weighted by Gasteiger charge is 2.43. The minimum absolute atomic E-state index is 0.301. The molecule has 6 rings (SSSR count). The molecule has 0 aliphatic rings. The topological polar surface area (TPSA) is 81.9 Å². The number of carbonyl (C=O) groups is 2. The third-order valence-electron chi connectivity index (χ3n) is 6.76. The van der Waals surface area contributed by atoms with Crippen molar-refractivity contribution in [1.82, 2.24) is 4.90 Å². The van der Waals surface area contributed by atoms with Crippen molar-refractivity contribution in [3.8, 4) is 11.5 Å². The first-order chi connectivity index (χ1) is 19.9. The van der Waals surface area contributed by atoms with E-state index in [1.165, 1.54) is 27.6 Å². The Morgan fingerprint density at radius 3 is 1.85 bits per heavy atom. The number of nitrogen functional groups attached to an aromatic ring is 1. The van der Waals surface area contributed by atoms with Crippen molar-refractivity contribution in [3.63, 3.8) is 0 Å². The van der Waals surface area contributed by atoms with Crippen LogP contribution in [0.3, 0.4) is 0 Å². The Labute approximate surface area is 245 Å². The monoisotopic (exact) mass is 578 g/mol. The molecule has 2 N–H and O–H groups in total. The number of hydrogen-bond donors (Lipinski definition) is 1. The third kappa shape index (κ3) is 5.39. The van der Waals surface area contributed by atoms with E-state index < -0.39 is 11.8 Å². The molecule has 0 fully saturated rings. The Morgan fingerprint density at radius 2 is 1.27 bits per heavy atom. The Kier molecular flexibility index (Phi) is 7.17. The molecule has 41 heavy (non-hydrogen) atoms. The molecule has 0 saturated heterocycles. The zero-order chi connectivity index (χ0) is 28.4. The van der Waals surface area contributed by atoms with Gasteiger partial charge in [0, 0.05) is 54.7 Å². The molecule has 0 spiro atoms. The van der Waals surface area contributed by atoms with Gasteiger partial charge in [0.1, 0.15) is 11.5 Å². The van der Waals surface area contributed by atoms with Crippen LogP contribution in [0.15, 0.2) is 114 Å². The van der Waals surface area contributed by atoms with Gasteiger partial charge < -0.3 is 15.2 Å². The summed E-state index contributed by atoms with van der Waals surface area (Å²) in [6.07, 6.45) is 0. The number of carbonyl (C=O) groups excluding carboxylic acids is 2. The standard InChI is InChI=1S/C33H26N2O4S2/c1-33(38-28-20-40-30-16-7-5-14-25(28)30,39-29-21-41-31-17-8-6-15-26(29)31)35(32(37)22-10-3-2-4-11-22)19-27(36)23-12-9-13-24(34)18-23/h2-18,20-21H,19,34H2,1H3. The predicted octanol–water partition coefficient (Wildman–Crippen LogP) is 7.86. The van der Waals surface area contributed by atoms with Crippen LogP contribution < -0.4 is 15.2 Å². The van der Waals surface area contributed by atoms with E-state index in [0.29, 0.717) is 28.3 Å². The first-order valence-corrected chi connectivity index (χ1v) is 14.7. The molecule has 0 unspecified atom stereocenters. The van der Waals surface area contributed by atoms with Gasteiger partial charge in [-0.15, -0.1) is 22.7 Å². The van der Waals surface area contributed by atoms with Crippen LogP contribution in [0.1, 0.15) is 27.6 Å². The summed E-state index contributed by atoms with van der Waals surface area (Å²) in [4.78, 5) is 29.2. The first kappa shape index (κ1) is 26.6. The summed E-state index contributed by atoms with van der Waals surface area (Å²) in [5.41, 5.74) is 7.22. The quantitative estimate of drug-likeness (QED) is 0.107. The van der Waals surface area contributed by atoms with E-state index in [4.69, 9.17) is 15.2 Å². The van der Waals surface area contributed by atoms with Crippen molar-refractivity contribution >= 4 is 60.2 Å². The van der Waals surface area contributed by atoms with Gasteiger partial charge in [-0.3, -0.25) is 14.5 Å². The lowest BCUT2D eigenvalue weighted by molar-refractivity contribution is -0.186. The lowest BCUT2D eigenvalue weighted by Gasteiger charge is -2.40. The van der Waals surface area contributed by atoms with Gasteiger partial charge in [0.2, 0.25) is 0 Å². The number of amides is 1. The van der Waals surface area contributed by atoms with Gasteiger partial charge in [0.15, 0.2) is 5.78 Å². The van der Waals surface area contributed by atoms with Crippen LogP contribution >= 0.6 is 22.7 Å². The second-order valence-electron chi connectivity index (χ2n) is 9.60. The SMILES string of the molecule is CC(Oc1csc2ccccc12)(Oc1csc2ccccc12)N(CC(=O)c1cccc(N)c1)C(=O)c1ccccc1. The normalized spacial score (nSPS) is 11.4. The number of Topliss-reactive ketones (excluding diaryl/α,β-unsaturated/α-hetero) is 1. The Hall–Kier alpha value is -4.66. The molecule has 2 aromatic heterocycles. The molecule has 0 atom stereocenters. The van der Waals surface area contributed by atoms with E-state index in [0.717, 1.165) is 20.2 Å². The highest BCUT2D eigenvalue weighted by atomic mass is 32.1. The highest BCUT2D eigenvalue weighted by Crippen LogP contribution is 2.39. The van der Waals surface area contributed by atoms with E-state index >= 15 is 0 Å². The maximum absolute atomic E-state index is 14.2. The van der Waals surface area contributed by atoms with Gasteiger partial charge in [0.25, 0.3) is 5.91 Å². The number of thiophene rings is 2. The van der Waals surface area contributed by atoms with Crippen molar-refractivity contribution < 1.29 is 19.1 Å².